The van der Waals surface area contributed by atoms with Crippen LogP contribution < -0.4 is 5.32 Å². The molecule has 0 unspecified atom stereocenters. The second-order valence-electron chi connectivity index (χ2n) is 4.84. The molecule has 0 saturated heterocycles. The number of rotatable bonds is 6. The van der Waals surface area contributed by atoms with E-state index in [9.17, 15) is 8.42 Å². The van der Waals surface area contributed by atoms with E-state index >= 15 is 0 Å². The van der Waals surface area contributed by atoms with E-state index < -0.39 is 10.0 Å². The molecular weight excluding hydrogens is 252 g/mol. The molecule has 1 heterocycles. The molecule has 0 aliphatic heterocycles. The topological polar surface area (TPSA) is 78.1 Å². The van der Waals surface area contributed by atoms with Crippen molar-refractivity contribution in [2.75, 3.05) is 20.6 Å². The van der Waals surface area contributed by atoms with Crippen molar-refractivity contribution in [1.29, 1.82) is 0 Å². The van der Waals surface area contributed by atoms with E-state index in [1.54, 1.807) is 20.3 Å². The van der Waals surface area contributed by atoms with Gasteiger partial charge >= 0.3 is 0 Å². The highest BCUT2D eigenvalue weighted by Crippen LogP contribution is 2.28. The second kappa shape index (κ2) is 5.38. The van der Waals surface area contributed by atoms with Crippen molar-refractivity contribution >= 4 is 10.0 Å². The first kappa shape index (κ1) is 13.5. The minimum Gasteiger partial charge on any atom is -0.316 e. The van der Waals surface area contributed by atoms with Gasteiger partial charge in [-0.2, -0.15) is 9.40 Å². The average Bonchev–Trinajstić information content (AvgIpc) is 2.72. The van der Waals surface area contributed by atoms with Crippen molar-refractivity contribution in [2.24, 2.45) is 5.92 Å². The first-order chi connectivity index (χ1) is 8.55. The maximum Gasteiger partial charge on any atom is 0.260 e. The molecule has 2 rings (SSSR count). The van der Waals surface area contributed by atoms with Gasteiger partial charge in [-0.3, -0.25) is 5.10 Å². The van der Waals surface area contributed by atoms with Gasteiger partial charge in [-0.05, 0) is 25.8 Å². The Morgan fingerprint density at radius 3 is 2.83 bits per heavy atom. The van der Waals surface area contributed by atoms with E-state index in [0.29, 0.717) is 24.6 Å². The minimum atomic E-state index is -3.44. The van der Waals surface area contributed by atoms with Crippen molar-refractivity contribution in [3.8, 4) is 0 Å². The minimum absolute atomic E-state index is 0.207. The lowest BCUT2D eigenvalue weighted by Gasteiger charge is -2.29. The van der Waals surface area contributed by atoms with Crippen LogP contribution in [0.25, 0.3) is 0 Å². The quantitative estimate of drug-likeness (QED) is 0.792. The van der Waals surface area contributed by atoms with Crippen LogP contribution in [-0.4, -0.2) is 43.6 Å². The zero-order chi connectivity index (χ0) is 13.2. The monoisotopic (exact) mass is 272 g/mol. The highest BCUT2D eigenvalue weighted by Gasteiger charge is 2.29. The van der Waals surface area contributed by atoms with Gasteiger partial charge in [-0.15, -0.1) is 0 Å². The molecule has 18 heavy (non-hydrogen) atoms. The molecule has 1 saturated carbocycles. The van der Waals surface area contributed by atoms with Crippen LogP contribution in [0.2, 0.25) is 0 Å². The Morgan fingerprint density at radius 1 is 1.56 bits per heavy atom. The molecule has 0 spiro atoms. The van der Waals surface area contributed by atoms with Crippen LogP contribution in [0.5, 0.6) is 0 Å². The Labute approximate surface area is 108 Å². The Bertz CT molecular complexity index is 493. The number of H-pyrrole nitrogens is 1. The fourth-order valence-electron chi connectivity index (χ4n) is 2.13. The maximum atomic E-state index is 12.4. The Kier molecular flexibility index (Phi) is 4.04. The van der Waals surface area contributed by atoms with Crippen LogP contribution >= 0.6 is 0 Å². The van der Waals surface area contributed by atoms with E-state index in [-0.39, 0.29) is 5.03 Å². The highest BCUT2D eigenvalue weighted by atomic mass is 32.2. The third kappa shape index (κ3) is 2.57. The summed E-state index contributed by atoms with van der Waals surface area (Å²) >= 11 is 0. The number of nitrogens with zero attached hydrogens (tertiary/aromatic N) is 2. The summed E-state index contributed by atoms with van der Waals surface area (Å²) in [6.07, 6.45) is 5.03. The van der Waals surface area contributed by atoms with Crippen LogP contribution in [0.15, 0.2) is 11.2 Å². The van der Waals surface area contributed by atoms with Gasteiger partial charge in [0, 0.05) is 25.7 Å². The normalized spacial score (nSPS) is 17.1. The molecule has 0 atom stereocenters. The number of hydrogen-bond donors (Lipinski definition) is 2. The van der Waals surface area contributed by atoms with Crippen molar-refractivity contribution in [1.82, 2.24) is 19.8 Å². The summed E-state index contributed by atoms with van der Waals surface area (Å²) in [7, 11) is -0.0287. The van der Waals surface area contributed by atoms with Gasteiger partial charge in [-0.25, -0.2) is 8.42 Å². The van der Waals surface area contributed by atoms with E-state index in [0.717, 1.165) is 12.8 Å². The Morgan fingerprint density at radius 2 is 2.28 bits per heavy atom. The van der Waals surface area contributed by atoms with E-state index in [4.69, 9.17) is 0 Å². The van der Waals surface area contributed by atoms with Crippen LogP contribution in [0.3, 0.4) is 0 Å². The molecule has 1 aliphatic rings. The first-order valence-corrected chi connectivity index (χ1v) is 7.63. The first-order valence-electron chi connectivity index (χ1n) is 6.19. The number of sulfonamides is 1. The fraction of sp³-hybridized carbons (Fsp3) is 0.727. The third-order valence-electron chi connectivity index (χ3n) is 3.45. The molecule has 6 nitrogen and oxygen atoms in total. The highest BCUT2D eigenvalue weighted by molar-refractivity contribution is 7.89. The molecule has 1 aromatic rings. The van der Waals surface area contributed by atoms with E-state index in [2.05, 4.69) is 15.5 Å². The lowest BCUT2D eigenvalue weighted by Crippen LogP contribution is -2.35. The summed E-state index contributed by atoms with van der Waals surface area (Å²) in [5, 5.41) is 9.58. The van der Waals surface area contributed by atoms with Gasteiger partial charge in [0.15, 0.2) is 5.03 Å². The lowest BCUT2D eigenvalue weighted by molar-refractivity contribution is 0.262. The van der Waals surface area contributed by atoms with Crippen LogP contribution in [0.1, 0.15) is 24.8 Å². The molecule has 102 valence electrons. The molecule has 0 bridgehead atoms. The number of nitrogens with one attached hydrogen (secondary N) is 2. The van der Waals surface area contributed by atoms with Gasteiger partial charge in [0.2, 0.25) is 0 Å². The van der Waals surface area contributed by atoms with Crippen molar-refractivity contribution in [3.05, 3.63) is 11.8 Å². The molecular formula is C11H20N4O2S. The maximum absolute atomic E-state index is 12.4. The Balaban J connectivity index is 2.15. The summed E-state index contributed by atoms with van der Waals surface area (Å²) in [6.45, 7) is 1.09. The van der Waals surface area contributed by atoms with Gasteiger partial charge in [0.1, 0.15) is 0 Å². The zero-order valence-corrected chi connectivity index (χ0v) is 11.6. The largest absolute Gasteiger partial charge is 0.316 e. The summed E-state index contributed by atoms with van der Waals surface area (Å²) in [4.78, 5) is 0. The predicted octanol–water partition coefficient (Wildman–Crippen LogP) is 0.550. The van der Waals surface area contributed by atoms with Crippen molar-refractivity contribution in [2.45, 2.75) is 30.8 Å². The number of aromatic amines is 1. The SMILES string of the molecule is CNCc1cn[nH]c1S(=O)(=O)N(C)CC1CCC1. The summed E-state index contributed by atoms with van der Waals surface area (Å²) in [5.74, 6) is 0.514. The Hall–Kier alpha value is -0.920. The van der Waals surface area contributed by atoms with Crippen molar-refractivity contribution in [3.63, 3.8) is 0 Å². The van der Waals surface area contributed by atoms with Crippen LogP contribution in [0.4, 0.5) is 0 Å². The molecule has 0 amide bonds. The molecule has 7 heteroatoms. The van der Waals surface area contributed by atoms with Crippen molar-refractivity contribution < 1.29 is 8.42 Å². The smallest absolute Gasteiger partial charge is 0.260 e. The third-order valence-corrected chi connectivity index (χ3v) is 5.29. The summed E-state index contributed by atoms with van der Waals surface area (Å²) in [5.41, 5.74) is 0.679. The predicted molar refractivity (Wildman–Crippen MR) is 68.5 cm³/mol. The van der Waals surface area contributed by atoms with E-state index in [1.165, 1.54) is 10.7 Å². The molecule has 2 N–H and O–H groups in total. The summed E-state index contributed by atoms with van der Waals surface area (Å²) < 4.78 is 26.2. The molecule has 1 aliphatic carbocycles. The van der Waals surface area contributed by atoms with Gasteiger partial charge in [0.25, 0.3) is 10.0 Å². The second-order valence-corrected chi connectivity index (χ2v) is 6.82. The van der Waals surface area contributed by atoms with Gasteiger partial charge < -0.3 is 5.32 Å². The lowest BCUT2D eigenvalue weighted by atomic mass is 9.86. The standard InChI is InChI=1S/C11H20N4O2S/c1-12-6-10-7-13-14-11(10)18(16,17)15(2)8-9-4-3-5-9/h7,9,12H,3-6,8H2,1-2H3,(H,13,14). The average molecular weight is 272 g/mol. The fourth-order valence-corrected chi connectivity index (χ4v) is 3.47. The number of hydrogen-bond acceptors (Lipinski definition) is 4. The van der Waals surface area contributed by atoms with Crippen LogP contribution in [0, 0.1) is 5.92 Å². The molecule has 0 radical (unpaired) electrons. The molecule has 1 fully saturated rings. The zero-order valence-electron chi connectivity index (χ0n) is 10.8. The van der Waals surface area contributed by atoms with E-state index in [1.807, 2.05) is 0 Å². The molecule has 1 aromatic heterocycles. The summed E-state index contributed by atoms with van der Waals surface area (Å²) in [6, 6.07) is 0. The van der Waals surface area contributed by atoms with Crippen LogP contribution in [-0.2, 0) is 16.6 Å². The number of aromatic nitrogens is 2. The van der Waals surface area contributed by atoms with Gasteiger partial charge in [0.05, 0.1) is 6.20 Å². The molecule has 0 aromatic carbocycles. The van der Waals surface area contributed by atoms with Gasteiger partial charge in [-0.1, -0.05) is 6.42 Å².